The Balaban J connectivity index is 1.67. The number of hydroxylamine groups is 1. The highest BCUT2D eigenvalue weighted by atomic mass is 127. The van der Waals surface area contributed by atoms with E-state index in [0.717, 1.165) is 55.8 Å². The average molecular weight is 414 g/mol. The van der Waals surface area contributed by atoms with Gasteiger partial charge in [0, 0.05) is 9.13 Å². The Morgan fingerprint density at radius 2 is 1.64 bits per heavy atom. The van der Waals surface area contributed by atoms with Crippen LogP contribution in [0.4, 0.5) is 0 Å². The zero-order chi connectivity index (χ0) is 15.2. The van der Waals surface area contributed by atoms with E-state index in [2.05, 4.69) is 73.2 Å². The van der Waals surface area contributed by atoms with Crippen molar-refractivity contribution in [2.45, 2.75) is 0 Å². The number of halogens is 1. The Kier molecular flexibility index (Phi) is 3.87. The Bertz CT molecular complexity index is 553. The first-order valence-electron chi connectivity index (χ1n) is 7.46. The molecule has 4 saturated heterocycles. The Morgan fingerprint density at radius 1 is 1.09 bits per heavy atom. The van der Waals surface area contributed by atoms with Gasteiger partial charge in [-0.15, -0.1) is 0 Å². The van der Waals surface area contributed by atoms with E-state index in [9.17, 15) is 0 Å². The predicted octanol–water partition coefficient (Wildman–Crippen LogP) is 1.25. The zero-order valence-electron chi connectivity index (χ0n) is 12.7. The van der Waals surface area contributed by atoms with E-state index >= 15 is 0 Å². The highest BCUT2D eigenvalue weighted by Gasteiger charge is 2.48. The molecule has 6 nitrogen and oxygen atoms in total. The van der Waals surface area contributed by atoms with Gasteiger partial charge in [-0.05, 0) is 34.7 Å². The molecule has 7 heteroatoms. The minimum absolute atomic E-state index is 0.942. The topological polar surface area (TPSA) is 31.0 Å². The van der Waals surface area contributed by atoms with E-state index < -0.39 is 0 Å². The predicted molar refractivity (Wildman–Crippen MR) is 92.3 cm³/mol. The number of quaternary nitrogens is 1. The lowest BCUT2D eigenvalue weighted by atomic mass is 10.1. The van der Waals surface area contributed by atoms with Crippen molar-refractivity contribution in [3.8, 4) is 0 Å². The first-order valence-corrected chi connectivity index (χ1v) is 8.54. The summed E-state index contributed by atoms with van der Waals surface area (Å²) in [6, 6.07) is 8.55. The first kappa shape index (κ1) is 14.9. The zero-order valence-corrected chi connectivity index (χ0v) is 14.9. The van der Waals surface area contributed by atoms with E-state index in [-0.39, 0.29) is 0 Å². The molecule has 4 fully saturated rings. The fraction of sp³-hybridized carbons (Fsp3) is 0.467. The van der Waals surface area contributed by atoms with Crippen molar-refractivity contribution in [3.05, 3.63) is 39.6 Å². The van der Waals surface area contributed by atoms with Crippen molar-refractivity contribution >= 4 is 28.3 Å². The number of nitrogens with zero attached hydrogens (tertiary/aromatic N) is 4. The first-order chi connectivity index (χ1) is 10.7. The highest BCUT2D eigenvalue weighted by molar-refractivity contribution is 14.1. The van der Waals surface area contributed by atoms with E-state index in [1.165, 1.54) is 3.57 Å². The third-order valence-corrected chi connectivity index (χ3v) is 5.13. The van der Waals surface area contributed by atoms with Crippen LogP contribution in [0, 0.1) is 3.57 Å². The molecule has 4 aliphatic heterocycles. The van der Waals surface area contributed by atoms with Crippen molar-refractivity contribution in [2.24, 2.45) is 0 Å². The summed E-state index contributed by atoms with van der Waals surface area (Å²) in [7, 11) is 1.67. The van der Waals surface area contributed by atoms with Crippen LogP contribution in [-0.4, -0.2) is 66.3 Å². The molecule has 0 spiro atoms. The number of hydrogen-bond acceptors (Lipinski definition) is 5. The molecule has 5 rings (SSSR count). The second kappa shape index (κ2) is 5.73. The van der Waals surface area contributed by atoms with Gasteiger partial charge >= 0.3 is 0 Å². The molecule has 1 N–H and O–H groups in total. The van der Waals surface area contributed by atoms with Crippen molar-refractivity contribution in [2.75, 3.05) is 47.1 Å². The molecular formula is C15H21IN5O+. The van der Waals surface area contributed by atoms with Crippen LogP contribution < -0.4 is 5.48 Å². The van der Waals surface area contributed by atoms with E-state index in [1.807, 2.05) is 0 Å². The summed E-state index contributed by atoms with van der Waals surface area (Å²) in [6.07, 6.45) is 2.33. The largest absolute Gasteiger partial charge is 0.279 e. The molecule has 22 heavy (non-hydrogen) atoms. The second-order valence-corrected chi connectivity index (χ2v) is 7.68. The quantitative estimate of drug-likeness (QED) is 0.456. The Morgan fingerprint density at radius 3 is 2.14 bits per heavy atom. The van der Waals surface area contributed by atoms with Crippen molar-refractivity contribution in [1.82, 2.24) is 20.2 Å². The standard InChI is InChI=1S/C15H21IN5O/c1-22-17-15(13-2-4-14(16)5-3-13)6-21-10-18-7-19(11-21)9-20(8-18)12-21/h2-6,17H,7-12H2,1H3/q+1/b15-6-. The molecule has 0 atom stereocenters. The van der Waals surface area contributed by atoms with Crippen molar-refractivity contribution < 1.29 is 9.32 Å². The summed E-state index contributed by atoms with van der Waals surface area (Å²) in [5.74, 6) is 0. The molecule has 118 valence electrons. The summed E-state index contributed by atoms with van der Waals surface area (Å²) in [5.41, 5.74) is 5.29. The van der Waals surface area contributed by atoms with Gasteiger partial charge in [0.15, 0.2) is 0 Å². The van der Waals surface area contributed by atoms with Crippen LogP contribution in [0.15, 0.2) is 30.5 Å². The molecule has 0 aliphatic carbocycles. The molecular weight excluding hydrogens is 393 g/mol. The Labute approximate surface area is 144 Å². The number of hydrogen-bond donors (Lipinski definition) is 1. The molecule has 0 amide bonds. The van der Waals surface area contributed by atoms with Crippen LogP contribution in [0.25, 0.3) is 5.70 Å². The maximum Gasteiger partial charge on any atom is 0.143 e. The van der Waals surface area contributed by atoms with Gasteiger partial charge < -0.3 is 0 Å². The molecule has 4 bridgehead atoms. The second-order valence-electron chi connectivity index (χ2n) is 6.44. The Hall–Kier alpha value is -0.710. The van der Waals surface area contributed by atoms with Crippen LogP contribution in [-0.2, 0) is 4.84 Å². The minimum atomic E-state index is 0.942. The smallest absolute Gasteiger partial charge is 0.143 e. The lowest BCUT2D eigenvalue weighted by molar-refractivity contribution is -0.937. The molecule has 1 aromatic rings. The van der Waals surface area contributed by atoms with Crippen molar-refractivity contribution in [3.63, 3.8) is 0 Å². The third kappa shape index (κ3) is 2.77. The van der Waals surface area contributed by atoms with Gasteiger partial charge in [0.2, 0.25) is 0 Å². The summed E-state index contributed by atoms with van der Waals surface area (Å²) < 4.78 is 2.18. The van der Waals surface area contributed by atoms with E-state index in [1.54, 1.807) is 7.11 Å². The average Bonchev–Trinajstić information content (AvgIpc) is 2.46. The van der Waals surface area contributed by atoms with Gasteiger partial charge in [0.1, 0.15) is 31.9 Å². The van der Waals surface area contributed by atoms with Gasteiger partial charge in [-0.1, -0.05) is 12.1 Å². The summed E-state index contributed by atoms with van der Waals surface area (Å²) in [6.45, 7) is 6.52. The highest BCUT2D eigenvalue weighted by Crippen LogP contribution is 2.31. The van der Waals surface area contributed by atoms with E-state index in [4.69, 9.17) is 4.84 Å². The SMILES string of the molecule is CON/C(=C\[N+]12CN3CN(CN(C3)C1)C2)c1ccc(I)cc1. The van der Waals surface area contributed by atoms with Crippen LogP contribution in [0.1, 0.15) is 5.56 Å². The van der Waals surface area contributed by atoms with Crippen molar-refractivity contribution in [1.29, 1.82) is 0 Å². The van der Waals surface area contributed by atoms with Crippen LogP contribution in [0.5, 0.6) is 0 Å². The van der Waals surface area contributed by atoms with E-state index in [0.29, 0.717) is 0 Å². The molecule has 0 saturated carbocycles. The summed E-state index contributed by atoms with van der Waals surface area (Å²) in [4.78, 5) is 12.7. The lowest BCUT2D eigenvalue weighted by Crippen LogP contribution is -2.77. The maximum atomic E-state index is 5.23. The van der Waals surface area contributed by atoms with Gasteiger partial charge in [-0.25, -0.2) is 14.7 Å². The molecule has 0 aromatic heterocycles. The summed E-state index contributed by atoms with van der Waals surface area (Å²) in [5, 5.41) is 0. The number of benzene rings is 1. The van der Waals surface area contributed by atoms with Gasteiger partial charge in [0.25, 0.3) is 0 Å². The van der Waals surface area contributed by atoms with Crippen LogP contribution in [0.3, 0.4) is 0 Å². The lowest BCUT2D eigenvalue weighted by Gasteiger charge is -2.59. The van der Waals surface area contributed by atoms with Crippen LogP contribution in [0.2, 0.25) is 0 Å². The number of rotatable bonds is 4. The maximum absolute atomic E-state index is 5.23. The number of nitrogens with one attached hydrogen (secondary N) is 1. The molecule has 4 aliphatic rings. The van der Waals surface area contributed by atoms with Gasteiger partial charge in [-0.2, -0.15) is 0 Å². The molecule has 1 aromatic carbocycles. The normalized spacial score (nSPS) is 36.6. The third-order valence-electron chi connectivity index (χ3n) is 4.42. The van der Waals surface area contributed by atoms with Crippen LogP contribution >= 0.6 is 22.6 Å². The van der Waals surface area contributed by atoms with Gasteiger partial charge in [-0.3, -0.25) is 14.8 Å². The summed E-state index contributed by atoms with van der Waals surface area (Å²) >= 11 is 2.33. The molecule has 0 radical (unpaired) electrons. The van der Waals surface area contributed by atoms with Gasteiger partial charge in [0.05, 0.1) is 27.1 Å². The monoisotopic (exact) mass is 414 g/mol. The molecule has 0 unspecified atom stereocenters. The fourth-order valence-electron chi connectivity index (χ4n) is 3.88. The fourth-order valence-corrected chi connectivity index (χ4v) is 4.24. The molecule has 4 heterocycles. The minimum Gasteiger partial charge on any atom is -0.279 e.